The van der Waals surface area contributed by atoms with E-state index >= 15 is 0 Å². The van der Waals surface area contributed by atoms with E-state index in [9.17, 15) is 4.79 Å². The van der Waals surface area contributed by atoms with Crippen LogP contribution in [0.25, 0.3) is 0 Å². The van der Waals surface area contributed by atoms with Crippen molar-refractivity contribution in [2.24, 2.45) is 5.92 Å². The van der Waals surface area contributed by atoms with Gasteiger partial charge in [-0.3, -0.25) is 4.79 Å². The van der Waals surface area contributed by atoms with Gasteiger partial charge in [0.15, 0.2) is 0 Å². The molecule has 228 valence electrons. The van der Waals surface area contributed by atoms with Gasteiger partial charge in [0.1, 0.15) is 5.78 Å². The molecule has 0 fully saturated rings. The minimum atomic E-state index is -0.0862. The molecule has 2 rings (SSSR count). The summed E-state index contributed by atoms with van der Waals surface area (Å²) >= 11 is 4.70. The Morgan fingerprint density at radius 1 is 1.15 bits per heavy atom. The third-order valence-electron chi connectivity index (χ3n) is 7.26. The lowest BCUT2D eigenvalue weighted by Gasteiger charge is -2.27. The number of ether oxygens (including phenoxy) is 1. The number of methoxy groups -OCH3 is 1. The van der Waals surface area contributed by atoms with Gasteiger partial charge in [-0.25, -0.2) is 0 Å². The highest BCUT2D eigenvalue weighted by atomic mass is 32.1. The monoisotopic (exact) mass is 563 g/mol. The summed E-state index contributed by atoms with van der Waals surface area (Å²) in [5.41, 5.74) is 5.64. The molecule has 0 heterocycles. The summed E-state index contributed by atoms with van der Waals surface area (Å²) in [6.45, 7) is 17.8. The summed E-state index contributed by atoms with van der Waals surface area (Å²) in [4.78, 5) is 12.8. The van der Waals surface area contributed by atoms with E-state index in [2.05, 4.69) is 57.3 Å². The Labute approximate surface area is 249 Å². The molecule has 0 aromatic heterocycles. The highest BCUT2D eigenvalue weighted by Gasteiger charge is 2.24. The van der Waals surface area contributed by atoms with Crippen LogP contribution in [0.1, 0.15) is 130 Å². The van der Waals surface area contributed by atoms with Crippen LogP contribution >= 0.6 is 12.6 Å². The second kappa shape index (κ2) is 27.1. The number of fused-ring (bicyclic) bond motifs is 1. The quantitative estimate of drug-likeness (QED) is 0.165. The molecule has 0 aliphatic heterocycles. The smallest absolute Gasteiger partial charge is 0.139 e. The van der Waals surface area contributed by atoms with Crippen molar-refractivity contribution in [1.29, 1.82) is 0 Å². The third kappa shape index (κ3) is 18.0. The number of carbonyl (C=O) groups excluding carboxylic acids is 1. The Hall–Kier alpha value is -1.10. The highest BCUT2D eigenvalue weighted by Crippen LogP contribution is 2.32. The molecule has 1 aromatic carbocycles. The van der Waals surface area contributed by atoms with Crippen LogP contribution < -0.4 is 5.32 Å². The molecular formula is C35H65NO2S. The molecule has 1 aliphatic rings. The molecule has 1 aromatic rings. The predicted octanol–water partition coefficient (Wildman–Crippen LogP) is 9.60. The number of unbranched alkanes of at least 4 members (excludes halogenated alkanes) is 1. The molecule has 39 heavy (non-hydrogen) atoms. The number of ketones is 1. The van der Waals surface area contributed by atoms with Gasteiger partial charge in [0.05, 0.1) is 6.10 Å². The molecule has 0 saturated carbocycles. The number of nitrogens with one attached hydrogen (secondary N) is 1. The van der Waals surface area contributed by atoms with Crippen molar-refractivity contribution in [2.45, 2.75) is 144 Å². The lowest BCUT2D eigenvalue weighted by molar-refractivity contribution is -0.120. The number of Topliss-reactive ketones (excluding diaryl/α,β-unsaturated/α-hetero) is 1. The average molecular weight is 564 g/mol. The fraction of sp³-hybridized carbons (Fsp3) is 0.743. The van der Waals surface area contributed by atoms with E-state index in [1.165, 1.54) is 60.8 Å². The lowest BCUT2D eigenvalue weighted by atomic mass is 9.79. The van der Waals surface area contributed by atoms with Gasteiger partial charge in [-0.2, -0.15) is 12.6 Å². The summed E-state index contributed by atoms with van der Waals surface area (Å²) in [5, 5.41) is 3.15. The first-order valence-electron chi connectivity index (χ1n) is 16.0. The van der Waals surface area contributed by atoms with Gasteiger partial charge >= 0.3 is 0 Å². The van der Waals surface area contributed by atoms with E-state index in [-0.39, 0.29) is 17.1 Å². The number of rotatable bonds is 15. The fourth-order valence-electron chi connectivity index (χ4n) is 4.92. The summed E-state index contributed by atoms with van der Waals surface area (Å²) in [6.07, 6.45) is 15.0. The zero-order valence-electron chi connectivity index (χ0n) is 27.5. The summed E-state index contributed by atoms with van der Waals surface area (Å²) in [6, 6.07) is 6.58. The van der Waals surface area contributed by atoms with Crippen LogP contribution in [0.15, 0.2) is 29.8 Å². The topological polar surface area (TPSA) is 38.3 Å². The van der Waals surface area contributed by atoms with Crippen molar-refractivity contribution >= 4 is 18.4 Å². The molecular weight excluding hydrogens is 498 g/mol. The largest absolute Gasteiger partial charge is 0.380 e. The second-order valence-electron chi connectivity index (χ2n) is 10.2. The van der Waals surface area contributed by atoms with Crippen molar-refractivity contribution in [3.63, 3.8) is 0 Å². The van der Waals surface area contributed by atoms with Gasteiger partial charge in [-0.15, -0.1) is 0 Å². The van der Waals surface area contributed by atoms with E-state index in [4.69, 9.17) is 17.4 Å². The fourth-order valence-corrected chi connectivity index (χ4v) is 5.33. The molecule has 0 spiro atoms. The Morgan fingerprint density at radius 2 is 1.85 bits per heavy atom. The minimum Gasteiger partial charge on any atom is -0.380 e. The van der Waals surface area contributed by atoms with Gasteiger partial charge in [0.25, 0.3) is 0 Å². The molecule has 1 N–H and O–H groups in total. The molecule has 0 saturated heterocycles. The lowest BCUT2D eigenvalue weighted by Crippen LogP contribution is -2.27. The Balaban J connectivity index is 0. The van der Waals surface area contributed by atoms with Crippen molar-refractivity contribution in [3.05, 3.63) is 46.5 Å². The maximum atomic E-state index is 12.8. The van der Waals surface area contributed by atoms with E-state index in [1.807, 2.05) is 34.7 Å². The maximum Gasteiger partial charge on any atom is 0.139 e. The Morgan fingerprint density at radius 3 is 2.38 bits per heavy atom. The van der Waals surface area contributed by atoms with Crippen molar-refractivity contribution in [2.75, 3.05) is 20.7 Å². The molecule has 0 bridgehead atoms. The average Bonchev–Trinajstić information content (AvgIpc) is 2.97. The van der Waals surface area contributed by atoms with Crippen LogP contribution in [-0.2, 0) is 28.8 Å². The molecule has 0 amide bonds. The van der Waals surface area contributed by atoms with Crippen LogP contribution in [-0.4, -0.2) is 37.8 Å². The SMILES string of the molecule is C/C=C(\C)CCCC1CCc2c(CC(=O)CC(OC)C(S)CCCC)cccc2C1.CC.CC.CCCNC. The van der Waals surface area contributed by atoms with E-state index in [0.29, 0.717) is 12.8 Å². The van der Waals surface area contributed by atoms with Gasteiger partial charge < -0.3 is 10.1 Å². The molecule has 3 atom stereocenters. The van der Waals surface area contributed by atoms with Crippen molar-refractivity contribution < 1.29 is 9.53 Å². The first-order valence-corrected chi connectivity index (χ1v) is 16.5. The van der Waals surface area contributed by atoms with Crippen LogP contribution in [0, 0.1) is 5.92 Å². The first-order chi connectivity index (χ1) is 18.9. The van der Waals surface area contributed by atoms with Crippen molar-refractivity contribution in [1.82, 2.24) is 5.32 Å². The molecule has 0 radical (unpaired) electrons. The molecule has 3 unspecified atom stereocenters. The number of benzene rings is 1. The third-order valence-corrected chi connectivity index (χ3v) is 7.85. The van der Waals surface area contributed by atoms with Crippen LogP contribution in [0.2, 0.25) is 0 Å². The van der Waals surface area contributed by atoms with Crippen LogP contribution in [0.3, 0.4) is 0 Å². The Bertz CT molecular complexity index is 744. The zero-order chi connectivity index (χ0) is 30.1. The minimum absolute atomic E-state index is 0.0862. The van der Waals surface area contributed by atoms with Gasteiger partial charge in [0.2, 0.25) is 0 Å². The number of hydrogen-bond acceptors (Lipinski definition) is 4. The molecule has 4 heteroatoms. The Kier molecular flexibility index (Phi) is 27.8. The van der Waals surface area contributed by atoms with Gasteiger partial charge in [0, 0.05) is 25.2 Å². The number of allylic oxidation sites excluding steroid dienone is 2. The highest BCUT2D eigenvalue weighted by molar-refractivity contribution is 7.81. The maximum absolute atomic E-state index is 12.8. The summed E-state index contributed by atoms with van der Waals surface area (Å²) < 4.78 is 5.61. The van der Waals surface area contributed by atoms with Gasteiger partial charge in [-0.1, -0.05) is 84.2 Å². The van der Waals surface area contributed by atoms with Crippen LogP contribution in [0.5, 0.6) is 0 Å². The number of carbonyl (C=O) groups is 1. The van der Waals surface area contributed by atoms with Crippen LogP contribution in [0.4, 0.5) is 0 Å². The zero-order valence-corrected chi connectivity index (χ0v) is 28.4. The van der Waals surface area contributed by atoms with E-state index in [0.717, 1.165) is 38.1 Å². The molecule has 1 aliphatic carbocycles. The first kappa shape index (κ1) is 40.0. The summed E-state index contributed by atoms with van der Waals surface area (Å²) in [7, 11) is 3.67. The van der Waals surface area contributed by atoms with Crippen molar-refractivity contribution in [3.8, 4) is 0 Å². The van der Waals surface area contributed by atoms with E-state index < -0.39 is 0 Å². The van der Waals surface area contributed by atoms with Gasteiger partial charge in [-0.05, 0) is 101 Å². The number of hydrogen-bond donors (Lipinski definition) is 2. The summed E-state index contributed by atoms with van der Waals surface area (Å²) in [5.74, 6) is 1.06. The predicted molar refractivity (Wildman–Crippen MR) is 179 cm³/mol. The molecule has 3 nitrogen and oxygen atoms in total. The standard InChI is InChI=1S/C27H42O2S.C4H11N.2C2H6/c1-5-7-14-27(30)26(29-4)19-24(28)18-23-13-9-12-22-17-21(15-16-25(22)23)11-8-10-20(3)6-2;1-3-4-5-2;2*1-2/h6,9,12-13,21,26-27,30H,5,7-8,10-11,14-19H2,1-4H3;5H,3-4H2,1-2H3;2*1-2H3/b20-6+;;;. The normalized spacial score (nSPS) is 15.8. The number of thiol groups is 1. The second-order valence-corrected chi connectivity index (χ2v) is 10.9. The van der Waals surface area contributed by atoms with E-state index in [1.54, 1.807) is 7.11 Å².